The summed E-state index contributed by atoms with van der Waals surface area (Å²) in [5.74, 6) is -0.285. The number of carbonyl (C=O) groups excluding carboxylic acids is 1. The monoisotopic (exact) mass is 432 g/mol. The number of benzene rings is 3. The number of nitro benzene ring substituents is 1. The fourth-order valence-electron chi connectivity index (χ4n) is 2.95. The average Bonchev–Trinajstić information content (AvgIpc) is 3.29. The van der Waals surface area contributed by atoms with Crippen molar-refractivity contribution in [1.29, 1.82) is 0 Å². The van der Waals surface area contributed by atoms with Gasteiger partial charge in [-0.3, -0.25) is 14.9 Å². The van der Waals surface area contributed by atoms with E-state index in [2.05, 4.69) is 20.7 Å². The lowest BCUT2D eigenvalue weighted by Gasteiger charge is -2.09. The lowest BCUT2D eigenvalue weighted by molar-refractivity contribution is -0.385. The third-order valence-corrected chi connectivity index (χ3v) is 5.22. The lowest BCUT2D eigenvalue weighted by atomic mass is 10.1. The average molecular weight is 432 g/mol. The highest BCUT2D eigenvalue weighted by atomic mass is 32.2. The van der Waals surface area contributed by atoms with Crippen LogP contribution in [0.1, 0.15) is 10.4 Å². The van der Waals surface area contributed by atoms with E-state index in [0.29, 0.717) is 17.1 Å². The van der Waals surface area contributed by atoms with E-state index >= 15 is 0 Å². The third kappa shape index (κ3) is 4.28. The number of hydrogen-bond acceptors (Lipinski definition) is 7. The minimum atomic E-state index is -0.597. The van der Waals surface area contributed by atoms with Crippen molar-refractivity contribution in [3.8, 4) is 17.1 Å². The van der Waals surface area contributed by atoms with Crippen LogP contribution in [0, 0.1) is 10.1 Å². The van der Waals surface area contributed by atoms with E-state index in [9.17, 15) is 14.9 Å². The van der Waals surface area contributed by atoms with Crippen LogP contribution < -0.4 is 5.32 Å². The van der Waals surface area contributed by atoms with E-state index in [1.807, 2.05) is 30.5 Å². The summed E-state index contributed by atoms with van der Waals surface area (Å²) in [5, 5.41) is 26.6. The van der Waals surface area contributed by atoms with Gasteiger partial charge in [-0.25, -0.2) is 0 Å². The van der Waals surface area contributed by atoms with Gasteiger partial charge in [0.05, 0.1) is 16.3 Å². The van der Waals surface area contributed by atoms with Crippen LogP contribution in [0.3, 0.4) is 0 Å². The molecule has 0 aliphatic heterocycles. The molecule has 0 saturated heterocycles. The molecule has 10 heteroatoms. The maximum atomic E-state index is 12.7. The Morgan fingerprint density at radius 1 is 1.03 bits per heavy atom. The van der Waals surface area contributed by atoms with Gasteiger partial charge < -0.3 is 5.32 Å². The summed E-state index contributed by atoms with van der Waals surface area (Å²) in [7, 11) is 0. The van der Waals surface area contributed by atoms with Crippen molar-refractivity contribution in [2.24, 2.45) is 0 Å². The van der Waals surface area contributed by atoms with E-state index in [1.165, 1.54) is 23.0 Å². The molecular weight excluding hydrogens is 416 g/mol. The number of nitro groups is 1. The SMILES string of the molecule is CSc1ccc(-n2nnc(-c3ccccc3NC(=O)c3ccccc3[N+](=O)[O-])n2)cc1. The van der Waals surface area contributed by atoms with Crippen LogP contribution in [0.4, 0.5) is 11.4 Å². The molecule has 0 atom stereocenters. The van der Waals surface area contributed by atoms with Gasteiger partial charge in [0.2, 0.25) is 5.82 Å². The van der Waals surface area contributed by atoms with Crippen molar-refractivity contribution in [2.75, 3.05) is 11.6 Å². The van der Waals surface area contributed by atoms with Gasteiger partial charge in [0, 0.05) is 16.5 Å². The van der Waals surface area contributed by atoms with Gasteiger partial charge in [0.15, 0.2) is 0 Å². The van der Waals surface area contributed by atoms with Crippen molar-refractivity contribution < 1.29 is 9.72 Å². The highest BCUT2D eigenvalue weighted by molar-refractivity contribution is 7.98. The van der Waals surface area contributed by atoms with Gasteiger partial charge in [-0.15, -0.1) is 26.8 Å². The molecule has 0 unspecified atom stereocenters. The molecular formula is C21H16N6O3S. The van der Waals surface area contributed by atoms with E-state index in [1.54, 1.807) is 42.1 Å². The minimum Gasteiger partial charge on any atom is -0.321 e. The molecule has 0 radical (unpaired) electrons. The first-order chi connectivity index (χ1) is 15.1. The Labute approximate surface area is 181 Å². The Bertz CT molecular complexity index is 1260. The Balaban J connectivity index is 1.63. The zero-order valence-corrected chi connectivity index (χ0v) is 17.1. The van der Waals surface area contributed by atoms with Gasteiger partial charge >= 0.3 is 0 Å². The second-order valence-corrected chi connectivity index (χ2v) is 7.25. The topological polar surface area (TPSA) is 116 Å². The normalized spacial score (nSPS) is 10.6. The number of hydrogen-bond donors (Lipinski definition) is 1. The molecule has 0 aliphatic carbocycles. The summed E-state index contributed by atoms with van der Waals surface area (Å²) in [4.78, 5) is 25.9. The number of tetrazole rings is 1. The lowest BCUT2D eigenvalue weighted by Crippen LogP contribution is -2.14. The molecule has 0 saturated carbocycles. The second-order valence-electron chi connectivity index (χ2n) is 6.37. The number of rotatable bonds is 6. The van der Waals surface area contributed by atoms with Crippen molar-refractivity contribution in [3.63, 3.8) is 0 Å². The summed E-state index contributed by atoms with van der Waals surface area (Å²) < 4.78 is 0. The highest BCUT2D eigenvalue weighted by Gasteiger charge is 2.21. The molecule has 0 fully saturated rings. The number of amides is 1. The van der Waals surface area contributed by atoms with E-state index in [0.717, 1.165) is 10.6 Å². The third-order valence-electron chi connectivity index (χ3n) is 4.48. The van der Waals surface area contributed by atoms with Crippen LogP contribution >= 0.6 is 11.8 Å². The van der Waals surface area contributed by atoms with Crippen LogP contribution in [-0.4, -0.2) is 37.3 Å². The van der Waals surface area contributed by atoms with Gasteiger partial charge in [-0.1, -0.05) is 24.3 Å². The fraction of sp³-hybridized carbons (Fsp3) is 0.0476. The molecule has 3 aromatic carbocycles. The maximum Gasteiger partial charge on any atom is 0.282 e. The Hall–Kier alpha value is -4.05. The highest BCUT2D eigenvalue weighted by Crippen LogP contribution is 2.27. The zero-order chi connectivity index (χ0) is 21.8. The summed E-state index contributed by atoms with van der Waals surface area (Å²) in [6.07, 6.45) is 2.00. The summed E-state index contributed by atoms with van der Waals surface area (Å²) in [6.45, 7) is 0. The summed E-state index contributed by atoms with van der Waals surface area (Å²) in [5.41, 5.74) is 1.41. The molecule has 0 bridgehead atoms. The molecule has 1 heterocycles. The maximum absolute atomic E-state index is 12.7. The molecule has 1 N–H and O–H groups in total. The van der Waals surface area contributed by atoms with E-state index < -0.39 is 10.8 Å². The van der Waals surface area contributed by atoms with Crippen LogP contribution in [0.15, 0.2) is 77.7 Å². The van der Waals surface area contributed by atoms with Gasteiger partial charge in [0.25, 0.3) is 11.6 Å². The molecule has 4 rings (SSSR count). The van der Waals surface area contributed by atoms with Gasteiger partial charge in [-0.05, 0) is 53.9 Å². The van der Waals surface area contributed by atoms with E-state index in [4.69, 9.17) is 0 Å². The predicted octanol–water partition coefficient (Wildman–Crippen LogP) is 4.21. The largest absolute Gasteiger partial charge is 0.321 e. The number of nitrogens with zero attached hydrogens (tertiary/aromatic N) is 5. The Morgan fingerprint density at radius 2 is 1.74 bits per heavy atom. The second kappa shape index (κ2) is 8.76. The number of aromatic nitrogens is 4. The van der Waals surface area contributed by atoms with Crippen LogP contribution in [0.5, 0.6) is 0 Å². The zero-order valence-electron chi connectivity index (χ0n) is 16.3. The molecule has 154 valence electrons. The molecule has 0 aliphatic rings. The smallest absolute Gasteiger partial charge is 0.282 e. The van der Waals surface area contributed by atoms with Crippen LogP contribution in [-0.2, 0) is 0 Å². The number of carbonyl (C=O) groups is 1. The number of anilines is 1. The van der Waals surface area contributed by atoms with Crippen molar-refractivity contribution >= 4 is 29.0 Å². The summed E-state index contributed by atoms with van der Waals surface area (Å²) >= 11 is 1.64. The predicted molar refractivity (Wildman–Crippen MR) is 117 cm³/mol. The minimum absolute atomic E-state index is 0.0344. The molecule has 0 spiro atoms. The first-order valence-corrected chi connectivity index (χ1v) is 10.4. The molecule has 31 heavy (non-hydrogen) atoms. The van der Waals surface area contributed by atoms with Crippen LogP contribution in [0.2, 0.25) is 0 Å². The Kier molecular flexibility index (Phi) is 5.72. The quantitative estimate of drug-likeness (QED) is 0.276. The van der Waals surface area contributed by atoms with Gasteiger partial charge in [0.1, 0.15) is 5.56 Å². The molecule has 4 aromatic rings. The summed E-state index contributed by atoms with van der Waals surface area (Å²) in [6, 6.07) is 20.4. The first-order valence-electron chi connectivity index (χ1n) is 9.15. The van der Waals surface area contributed by atoms with Crippen molar-refractivity contribution in [2.45, 2.75) is 4.90 Å². The van der Waals surface area contributed by atoms with E-state index in [-0.39, 0.29) is 11.3 Å². The molecule has 1 amide bonds. The molecule has 9 nitrogen and oxygen atoms in total. The fourth-order valence-corrected chi connectivity index (χ4v) is 3.36. The first kappa shape index (κ1) is 20.2. The number of para-hydroxylation sites is 2. The van der Waals surface area contributed by atoms with Crippen molar-refractivity contribution in [3.05, 3.63) is 88.5 Å². The Morgan fingerprint density at radius 3 is 2.48 bits per heavy atom. The van der Waals surface area contributed by atoms with Crippen LogP contribution in [0.25, 0.3) is 17.1 Å². The molecule has 1 aromatic heterocycles. The standard InChI is InChI=1S/C21H16N6O3S/c1-31-15-12-10-14(11-13-15)26-24-20(23-25-26)16-6-2-4-8-18(16)22-21(28)17-7-3-5-9-19(17)27(29)30/h2-13H,1H3,(H,22,28). The number of nitrogens with one attached hydrogen (secondary N) is 1. The number of thioether (sulfide) groups is 1. The van der Waals surface area contributed by atoms with Crippen molar-refractivity contribution in [1.82, 2.24) is 20.2 Å². The van der Waals surface area contributed by atoms with Gasteiger partial charge in [-0.2, -0.15) is 0 Å².